The van der Waals surface area contributed by atoms with Crippen molar-refractivity contribution in [2.75, 3.05) is 32.1 Å². The lowest BCUT2D eigenvalue weighted by atomic mass is 9.98. The number of rotatable bonds is 6. The molecule has 4 amide bonds. The van der Waals surface area contributed by atoms with Crippen molar-refractivity contribution in [3.05, 3.63) is 29.8 Å². The summed E-state index contributed by atoms with van der Waals surface area (Å²) < 4.78 is 0. The molecule has 7 heteroatoms. The van der Waals surface area contributed by atoms with E-state index in [1.165, 1.54) is 4.90 Å². The molecule has 0 unspecified atom stereocenters. The summed E-state index contributed by atoms with van der Waals surface area (Å²) >= 11 is 0. The number of carbonyl (C=O) groups excluding carboxylic acids is 3. The summed E-state index contributed by atoms with van der Waals surface area (Å²) in [6.07, 6.45) is 0.864. The molecule has 25 heavy (non-hydrogen) atoms. The van der Waals surface area contributed by atoms with Gasteiger partial charge in [0, 0.05) is 18.7 Å². The number of hydrogen-bond acceptors (Lipinski definition) is 4. The van der Waals surface area contributed by atoms with Crippen LogP contribution in [0.15, 0.2) is 29.3 Å². The molecule has 1 saturated heterocycles. The molecule has 0 saturated carbocycles. The van der Waals surface area contributed by atoms with Gasteiger partial charge in [-0.3, -0.25) is 19.9 Å². The van der Waals surface area contributed by atoms with Crippen LogP contribution >= 0.6 is 0 Å². The molecule has 1 aliphatic rings. The van der Waals surface area contributed by atoms with E-state index in [0.29, 0.717) is 17.9 Å². The predicted molar refractivity (Wildman–Crippen MR) is 96.0 cm³/mol. The predicted octanol–water partition coefficient (Wildman–Crippen LogP) is 0.190. The van der Waals surface area contributed by atoms with Crippen molar-refractivity contribution < 1.29 is 19.3 Å². The largest absolute Gasteiger partial charge is 0.340 e. The third kappa shape index (κ3) is 4.30. The van der Waals surface area contributed by atoms with Crippen molar-refractivity contribution in [1.29, 1.82) is 0 Å². The van der Waals surface area contributed by atoms with Crippen LogP contribution in [0.1, 0.15) is 18.9 Å². The zero-order valence-corrected chi connectivity index (χ0v) is 15.1. The molecular weight excluding hydrogens is 320 g/mol. The Bertz CT molecular complexity index is 712. The van der Waals surface area contributed by atoms with Gasteiger partial charge in [0.2, 0.25) is 5.91 Å². The van der Waals surface area contributed by atoms with Crippen LogP contribution < -0.4 is 15.1 Å². The van der Waals surface area contributed by atoms with Crippen LogP contribution in [-0.4, -0.2) is 50.7 Å². The van der Waals surface area contributed by atoms with Crippen molar-refractivity contribution in [2.24, 2.45) is 10.9 Å². The average Bonchev–Trinajstić information content (AvgIpc) is 2.52. The summed E-state index contributed by atoms with van der Waals surface area (Å²) in [5.74, 6) is -2.23. The molecule has 0 bridgehead atoms. The van der Waals surface area contributed by atoms with Gasteiger partial charge < -0.3 is 4.90 Å². The van der Waals surface area contributed by atoms with Gasteiger partial charge in [-0.05, 0) is 25.5 Å². The van der Waals surface area contributed by atoms with E-state index in [9.17, 15) is 14.4 Å². The average molecular weight is 345 g/mol. The normalized spacial score (nSPS) is 18.8. The first-order valence-electron chi connectivity index (χ1n) is 8.37. The smallest absolute Gasteiger partial charge is 0.335 e. The second-order valence-electron chi connectivity index (χ2n) is 6.52. The first-order valence-corrected chi connectivity index (χ1v) is 8.37. The number of aliphatic imine (C=N–C) groups is 1. The molecule has 0 aliphatic carbocycles. The third-order valence-corrected chi connectivity index (χ3v) is 4.13. The first kappa shape index (κ1) is 18.8. The monoisotopic (exact) mass is 345 g/mol. The maximum Gasteiger partial charge on any atom is 0.335 e. The summed E-state index contributed by atoms with van der Waals surface area (Å²) in [7, 11) is 4.11. The molecular formula is C18H25N4O3+. The first-order chi connectivity index (χ1) is 11.8. The topological polar surface area (TPSA) is 83.3 Å². The van der Waals surface area contributed by atoms with Crippen molar-refractivity contribution in [2.45, 2.75) is 20.3 Å². The molecule has 0 spiro atoms. The number of barbiturate groups is 1. The lowest BCUT2D eigenvalue weighted by Crippen LogP contribution is -3.05. The van der Waals surface area contributed by atoms with Crippen LogP contribution in [-0.2, 0) is 9.59 Å². The van der Waals surface area contributed by atoms with Gasteiger partial charge in [0.1, 0.15) is 0 Å². The maximum atomic E-state index is 12.8. The minimum Gasteiger partial charge on any atom is -0.340 e. The fourth-order valence-electron chi connectivity index (χ4n) is 2.76. The Kier molecular flexibility index (Phi) is 6.03. The highest BCUT2D eigenvalue weighted by atomic mass is 16.2. The number of anilines is 1. The molecule has 1 aliphatic heterocycles. The molecule has 2 rings (SSSR count). The summed E-state index contributed by atoms with van der Waals surface area (Å²) in [5, 5.41) is 2.27. The number of urea groups is 1. The summed E-state index contributed by atoms with van der Waals surface area (Å²) in [5.41, 5.74) is 1.69. The number of carbonyl (C=O) groups is 3. The number of aryl methyl sites for hydroxylation is 1. The van der Waals surface area contributed by atoms with E-state index in [1.54, 1.807) is 19.1 Å². The molecule has 1 aromatic carbocycles. The highest BCUT2D eigenvalue weighted by Crippen LogP contribution is 2.24. The molecule has 7 nitrogen and oxygen atoms in total. The Morgan fingerprint density at radius 3 is 2.56 bits per heavy atom. The van der Waals surface area contributed by atoms with Gasteiger partial charge in [0.25, 0.3) is 5.91 Å². The number of benzene rings is 1. The quantitative estimate of drug-likeness (QED) is 0.439. The Morgan fingerprint density at radius 2 is 1.92 bits per heavy atom. The van der Waals surface area contributed by atoms with Crippen molar-refractivity contribution in [3.63, 3.8) is 0 Å². The van der Waals surface area contributed by atoms with Crippen molar-refractivity contribution >= 4 is 29.2 Å². The molecule has 1 heterocycles. The van der Waals surface area contributed by atoms with Crippen LogP contribution in [0.2, 0.25) is 0 Å². The number of amides is 4. The molecule has 1 aromatic rings. The summed E-state index contributed by atoms with van der Waals surface area (Å²) in [6.45, 7) is 4.98. The highest BCUT2D eigenvalue weighted by Gasteiger charge is 2.43. The van der Waals surface area contributed by atoms with Crippen molar-refractivity contribution in [1.82, 2.24) is 5.32 Å². The summed E-state index contributed by atoms with van der Waals surface area (Å²) in [6, 6.07) is 6.36. The van der Waals surface area contributed by atoms with Gasteiger partial charge in [-0.15, -0.1) is 0 Å². The Hall–Kier alpha value is -2.54. The molecule has 0 radical (unpaired) electrons. The molecule has 1 fully saturated rings. The van der Waals surface area contributed by atoms with Gasteiger partial charge in [-0.2, -0.15) is 0 Å². The lowest BCUT2D eigenvalue weighted by molar-refractivity contribution is -0.858. The van der Waals surface area contributed by atoms with Crippen LogP contribution in [0.4, 0.5) is 10.5 Å². The van der Waals surface area contributed by atoms with E-state index in [1.807, 2.05) is 19.1 Å². The minimum absolute atomic E-state index is 0.433. The van der Waals surface area contributed by atoms with Gasteiger partial charge >= 0.3 is 6.03 Å². The standard InChI is InChI=1S/C18H24N4O3/c1-12-8-5-6-9-14(12)22-17(24)15(16(23)20-18(22)25)13(2)19-10-7-11-21(3)4/h5-6,8-9,15H,7,10-11H2,1-4H3,(H,20,23,25)/p+1/t15-/m0/s1. The fraction of sp³-hybridized carbons (Fsp3) is 0.444. The van der Waals surface area contributed by atoms with E-state index in [4.69, 9.17) is 0 Å². The Balaban J connectivity index is 2.22. The van der Waals surface area contributed by atoms with Gasteiger partial charge in [-0.25, -0.2) is 9.69 Å². The number of nitrogens with zero attached hydrogens (tertiary/aromatic N) is 2. The van der Waals surface area contributed by atoms with E-state index in [0.717, 1.165) is 23.4 Å². The number of quaternary nitrogens is 1. The number of para-hydroxylation sites is 1. The van der Waals surface area contributed by atoms with Gasteiger partial charge in [0.05, 0.1) is 26.3 Å². The zero-order valence-electron chi connectivity index (χ0n) is 15.1. The maximum absolute atomic E-state index is 12.8. The van der Waals surface area contributed by atoms with Crippen molar-refractivity contribution in [3.8, 4) is 0 Å². The SMILES string of the molecule is CC(=NCCC[NH+](C)C)[C@H]1C(=O)NC(=O)N(c2ccccc2C)C1=O. The second kappa shape index (κ2) is 8.02. The zero-order chi connectivity index (χ0) is 18.6. The van der Waals surface area contributed by atoms with Gasteiger partial charge in [0.15, 0.2) is 5.92 Å². The summed E-state index contributed by atoms with van der Waals surface area (Å²) in [4.78, 5) is 44.0. The molecule has 1 atom stereocenters. The van der Waals surface area contributed by atoms with Crippen LogP contribution in [0.5, 0.6) is 0 Å². The Labute approximate surface area is 147 Å². The number of nitrogens with one attached hydrogen (secondary N) is 2. The molecule has 2 N–H and O–H groups in total. The number of imide groups is 2. The van der Waals surface area contributed by atoms with Crippen LogP contribution in [0.3, 0.4) is 0 Å². The van der Waals surface area contributed by atoms with Crippen LogP contribution in [0, 0.1) is 12.8 Å². The lowest BCUT2D eigenvalue weighted by Gasteiger charge is -2.31. The second-order valence-corrected chi connectivity index (χ2v) is 6.52. The number of hydrogen-bond donors (Lipinski definition) is 2. The van der Waals surface area contributed by atoms with Crippen LogP contribution in [0.25, 0.3) is 0 Å². The van der Waals surface area contributed by atoms with E-state index < -0.39 is 23.8 Å². The highest BCUT2D eigenvalue weighted by molar-refractivity contribution is 6.35. The van der Waals surface area contributed by atoms with E-state index in [-0.39, 0.29) is 0 Å². The Morgan fingerprint density at radius 1 is 1.24 bits per heavy atom. The minimum atomic E-state index is -1.07. The third-order valence-electron chi connectivity index (χ3n) is 4.13. The van der Waals surface area contributed by atoms with Gasteiger partial charge in [-0.1, -0.05) is 18.2 Å². The molecule has 134 valence electrons. The van der Waals surface area contributed by atoms with E-state index in [2.05, 4.69) is 24.4 Å². The molecule has 0 aromatic heterocycles. The van der Waals surface area contributed by atoms with E-state index >= 15 is 0 Å². The fourth-order valence-corrected chi connectivity index (χ4v) is 2.76.